The van der Waals surface area contributed by atoms with E-state index in [9.17, 15) is 0 Å². The van der Waals surface area contributed by atoms with Gasteiger partial charge in [-0.1, -0.05) is 176 Å². The second-order valence-corrected chi connectivity index (χ2v) is 16.7. The lowest BCUT2D eigenvalue weighted by Gasteiger charge is -2.15. The summed E-state index contributed by atoms with van der Waals surface area (Å²) in [4.78, 5) is 15.7. The molecule has 3 heterocycles. The van der Waals surface area contributed by atoms with Crippen molar-refractivity contribution in [2.75, 3.05) is 0 Å². The van der Waals surface area contributed by atoms with Gasteiger partial charge in [-0.15, -0.1) is 11.3 Å². The molecule has 12 aromatic rings. The van der Waals surface area contributed by atoms with Crippen molar-refractivity contribution in [3.63, 3.8) is 0 Å². The molecule has 0 bridgehead atoms. The smallest absolute Gasteiger partial charge is 0.164 e. The summed E-state index contributed by atoms with van der Waals surface area (Å²) in [5.41, 5.74) is 12.9. The molecule has 0 amide bonds. The molecular formula is C57H36N4S. The molecule has 0 saturated carbocycles. The monoisotopic (exact) mass is 808 g/mol. The molecule has 9 aromatic carbocycles. The van der Waals surface area contributed by atoms with Gasteiger partial charge in [-0.25, -0.2) is 15.0 Å². The van der Waals surface area contributed by atoms with Crippen molar-refractivity contribution < 1.29 is 0 Å². The number of nitrogens with zero attached hydrogens (tertiary/aromatic N) is 4. The topological polar surface area (TPSA) is 43.6 Å². The van der Waals surface area contributed by atoms with Crippen molar-refractivity contribution in [3.8, 4) is 73.2 Å². The summed E-state index contributed by atoms with van der Waals surface area (Å²) in [5.74, 6) is 1.85. The SMILES string of the molecule is c1ccc(-c2cccc(-c3cc(-c4nc(-c5ccccc5)nc(-c5cccc(-c6ccccc6)c5)n4)cc(-n4c5ccccc5c5ccc6c7ccccc7sc6c54)c3)c2)cc1. The number of fused-ring (bicyclic) bond motifs is 7. The lowest BCUT2D eigenvalue weighted by Crippen LogP contribution is -2.02. The molecule has 0 radical (unpaired) electrons. The molecule has 0 spiro atoms. The van der Waals surface area contributed by atoms with Crippen molar-refractivity contribution in [1.82, 2.24) is 19.5 Å². The van der Waals surface area contributed by atoms with Crippen LogP contribution in [0.1, 0.15) is 0 Å². The van der Waals surface area contributed by atoms with E-state index < -0.39 is 0 Å². The Morgan fingerprint density at radius 3 is 1.47 bits per heavy atom. The van der Waals surface area contributed by atoms with Gasteiger partial charge in [0.05, 0.1) is 15.7 Å². The Balaban J connectivity index is 1.14. The highest BCUT2D eigenvalue weighted by atomic mass is 32.1. The molecule has 12 rings (SSSR count). The van der Waals surface area contributed by atoms with Gasteiger partial charge in [0.2, 0.25) is 0 Å². The van der Waals surface area contributed by atoms with E-state index in [1.54, 1.807) is 0 Å². The number of rotatable bonds is 7. The van der Waals surface area contributed by atoms with Gasteiger partial charge in [0.1, 0.15) is 0 Å². The van der Waals surface area contributed by atoms with E-state index in [1.807, 2.05) is 35.6 Å². The maximum absolute atomic E-state index is 5.33. The molecule has 290 valence electrons. The Kier molecular flexibility index (Phi) is 8.65. The van der Waals surface area contributed by atoms with Gasteiger partial charge in [0.25, 0.3) is 0 Å². The maximum Gasteiger partial charge on any atom is 0.164 e. The zero-order chi connectivity index (χ0) is 41.0. The molecule has 4 nitrogen and oxygen atoms in total. The van der Waals surface area contributed by atoms with E-state index in [0.717, 1.165) is 55.7 Å². The third-order valence-corrected chi connectivity index (χ3v) is 13.0. The summed E-state index contributed by atoms with van der Waals surface area (Å²) in [6.45, 7) is 0. The highest BCUT2D eigenvalue weighted by molar-refractivity contribution is 7.26. The van der Waals surface area contributed by atoms with Gasteiger partial charge >= 0.3 is 0 Å². The van der Waals surface area contributed by atoms with E-state index in [1.165, 1.54) is 42.0 Å². The third-order valence-electron chi connectivity index (χ3n) is 11.8. The summed E-state index contributed by atoms with van der Waals surface area (Å²) >= 11 is 1.86. The normalized spacial score (nSPS) is 11.5. The first kappa shape index (κ1) is 35.9. The fraction of sp³-hybridized carbons (Fsp3) is 0. The van der Waals surface area contributed by atoms with Crippen molar-refractivity contribution >= 4 is 53.3 Å². The van der Waals surface area contributed by atoms with E-state index in [-0.39, 0.29) is 0 Å². The van der Waals surface area contributed by atoms with Gasteiger partial charge in [-0.05, 0) is 75.8 Å². The lowest BCUT2D eigenvalue weighted by molar-refractivity contribution is 1.07. The molecule has 0 aliphatic rings. The molecule has 0 saturated heterocycles. The summed E-state index contributed by atoms with van der Waals surface area (Å²) < 4.78 is 5.01. The van der Waals surface area contributed by atoms with Crippen LogP contribution in [0.15, 0.2) is 218 Å². The number of para-hydroxylation sites is 1. The molecule has 3 aromatic heterocycles. The third kappa shape index (κ3) is 6.26. The van der Waals surface area contributed by atoms with E-state index in [4.69, 9.17) is 15.0 Å². The minimum Gasteiger partial charge on any atom is -0.308 e. The van der Waals surface area contributed by atoms with Crippen molar-refractivity contribution in [3.05, 3.63) is 218 Å². The van der Waals surface area contributed by atoms with Crippen LogP contribution in [-0.2, 0) is 0 Å². The number of thiophene rings is 1. The summed E-state index contributed by atoms with van der Waals surface area (Å²) in [6, 6.07) is 77.5. The first-order valence-electron chi connectivity index (χ1n) is 20.8. The highest BCUT2D eigenvalue weighted by Crippen LogP contribution is 2.44. The van der Waals surface area contributed by atoms with Crippen LogP contribution in [-0.4, -0.2) is 19.5 Å². The second-order valence-electron chi connectivity index (χ2n) is 15.6. The molecule has 62 heavy (non-hydrogen) atoms. The largest absolute Gasteiger partial charge is 0.308 e. The van der Waals surface area contributed by atoms with Gasteiger partial charge in [-0.2, -0.15) is 0 Å². The van der Waals surface area contributed by atoms with Crippen LogP contribution in [0.4, 0.5) is 0 Å². The predicted molar refractivity (Wildman–Crippen MR) is 260 cm³/mol. The minimum atomic E-state index is 0.606. The van der Waals surface area contributed by atoms with Gasteiger partial charge in [0.15, 0.2) is 17.5 Å². The predicted octanol–water partition coefficient (Wildman–Crippen LogP) is 15.3. The molecule has 5 heteroatoms. The first-order valence-corrected chi connectivity index (χ1v) is 21.7. The molecule has 0 aliphatic heterocycles. The zero-order valence-electron chi connectivity index (χ0n) is 33.5. The van der Waals surface area contributed by atoms with E-state index >= 15 is 0 Å². The quantitative estimate of drug-likeness (QED) is 0.161. The standard InChI is InChI=1S/C57H36N4S/c1-4-16-37(17-5-1)40-22-14-24-42(32-40)44-34-45(57-59-55(39-20-8-3-9-21-39)58-56(60-57)43-25-15-23-41(33-43)38-18-6-2-7-19-38)36-46(35-44)61-51-28-12-10-26-47(51)49-30-31-50-48-27-11-13-29-52(48)62-54(50)53(49)61/h1-36H. The molecule has 0 atom stereocenters. The van der Waals surface area contributed by atoms with Gasteiger partial charge < -0.3 is 4.57 Å². The Morgan fingerprint density at radius 1 is 0.306 bits per heavy atom. The Labute approximate surface area is 362 Å². The number of aromatic nitrogens is 4. The van der Waals surface area contributed by atoms with Crippen molar-refractivity contribution in [1.29, 1.82) is 0 Å². The summed E-state index contributed by atoms with van der Waals surface area (Å²) in [5, 5.41) is 4.99. The zero-order valence-corrected chi connectivity index (χ0v) is 34.3. The second kappa shape index (κ2) is 14.9. The molecule has 0 aliphatic carbocycles. The Hall–Kier alpha value is -7.99. The summed E-state index contributed by atoms with van der Waals surface area (Å²) in [6.07, 6.45) is 0. The van der Waals surface area contributed by atoms with Crippen LogP contribution in [0, 0.1) is 0 Å². The van der Waals surface area contributed by atoms with E-state index in [0.29, 0.717) is 17.5 Å². The fourth-order valence-electron chi connectivity index (χ4n) is 8.86. The van der Waals surface area contributed by atoms with Crippen molar-refractivity contribution in [2.24, 2.45) is 0 Å². The van der Waals surface area contributed by atoms with Gasteiger partial charge in [-0.3, -0.25) is 0 Å². The first-order chi connectivity index (χ1) is 30.7. The lowest BCUT2D eigenvalue weighted by atomic mass is 9.97. The summed E-state index contributed by atoms with van der Waals surface area (Å²) in [7, 11) is 0. The maximum atomic E-state index is 5.33. The average Bonchev–Trinajstić information content (AvgIpc) is 3.91. The average molecular weight is 809 g/mol. The Bertz CT molecular complexity index is 3630. The number of hydrogen-bond donors (Lipinski definition) is 0. The number of benzene rings is 9. The van der Waals surface area contributed by atoms with Crippen LogP contribution in [0.3, 0.4) is 0 Å². The van der Waals surface area contributed by atoms with Crippen LogP contribution >= 0.6 is 11.3 Å². The van der Waals surface area contributed by atoms with Crippen LogP contribution < -0.4 is 0 Å². The molecule has 0 unspecified atom stereocenters. The van der Waals surface area contributed by atoms with Crippen molar-refractivity contribution in [2.45, 2.75) is 0 Å². The fourth-order valence-corrected chi connectivity index (χ4v) is 10.1. The van der Waals surface area contributed by atoms with Crippen LogP contribution in [0.2, 0.25) is 0 Å². The highest BCUT2D eigenvalue weighted by Gasteiger charge is 2.21. The van der Waals surface area contributed by atoms with Crippen LogP contribution in [0.25, 0.3) is 115 Å². The number of hydrogen-bond acceptors (Lipinski definition) is 4. The minimum absolute atomic E-state index is 0.606. The molecule has 0 fully saturated rings. The molecular weight excluding hydrogens is 773 g/mol. The molecule has 0 N–H and O–H groups in total. The Morgan fingerprint density at radius 2 is 0.774 bits per heavy atom. The van der Waals surface area contributed by atoms with E-state index in [2.05, 4.69) is 199 Å². The van der Waals surface area contributed by atoms with Crippen LogP contribution in [0.5, 0.6) is 0 Å². The van der Waals surface area contributed by atoms with Gasteiger partial charge in [0, 0.05) is 48.6 Å².